The highest BCUT2D eigenvalue weighted by atomic mass is 16.5. The molecule has 1 rings (SSSR count). The predicted molar refractivity (Wildman–Crippen MR) is 43.1 cm³/mol. The smallest absolute Gasteiger partial charge is 0.330 e. The van der Waals surface area contributed by atoms with Gasteiger partial charge in [-0.25, -0.2) is 4.79 Å². The summed E-state index contributed by atoms with van der Waals surface area (Å²) in [5, 5.41) is 0. The van der Waals surface area contributed by atoms with Crippen molar-refractivity contribution in [3.05, 3.63) is 12.2 Å². The quantitative estimate of drug-likeness (QED) is 0.456. The zero-order valence-corrected chi connectivity index (χ0v) is 6.88. The molecule has 0 bridgehead atoms. The summed E-state index contributed by atoms with van der Waals surface area (Å²) in [4.78, 5) is 10.6. The SMILES string of the molecule is COC(=O)C=CCCC1CC1. The molecule has 2 heteroatoms. The molecule has 0 unspecified atom stereocenters. The zero-order valence-electron chi connectivity index (χ0n) is 6.88. The van der Waals surface area contributed by atoms with Gasteiger partial charge in [0, 0.05) is 6.08 Å². The Bertz CT molecular complexity index is 157. The van der Waals surface area contributed by atoms with Crippen LogP contribution < -0.4 is 0 Å². The van der Waals surface area contributed by atoms with E-state index in [4.69, 9.17) is 0 Å². The summed E-state index contributed by atoms with van der Waals surface area (Å²) in [6.45, 7) is 0. The Kier molecular flexibility index (Phi) is 3.14. The van der Waals surface area contributed by atoms with E-state index in [-0.39, 0.29) is 5.97 Å². The van der Waals surface area contributed by atoms with E-state index in [1.54, 1.807) is 0 Å². The van der Waals surface area contributed by atoms with Gasteiger partial charge in [-0.15, -0.1) is 0 Å². The van der Waals surface area contributed by atoms with Gasteiger partial charge < -0.3 is 4.74 Å². The summed E-state index contributed by atoms with van der Waals surface area (Å²) in [7, 11) is 1.40. The standard InChI is InChI=1S/C9H14O2/c1-11-9(10)5-3-2-4-8-6-7-8/h3,5,8H,2,4,6-7H2,1H3. The molecule has 0 aromatic rings. The number of carbonyl (C=O) groups is 1. The van der Waals surface area contributed by atoms with E-state index in [2.05, 4.69) is 4.74 Å². The molecule has 0 amide bonds. The van der Waals surface area contributed by atoms with Crippen LogP contribution in [-0.2, 0) is 9.53 Å². The molecule has 1 aliphatic carbocycles. The van der Waals surface area contributed by atoms with E-state index >= 15 is 0 Å². The molecule has 0 atom stereocenters. The average Bonchev–Trinajstić information content (AvgIpc) is 2.81. The number of carbonyl (C=O) groups excluding carboxylic acids is 1. The highest BCUT2D eigenvalue weighted by Crippen LogP contribution is 2.33. The van der Waals surface area contributed by atoms with Crippen LogP contribution in [0.2, 0.25) is 0 Å². The molecule has 0 aliphatic heterocycles. The fraction of sp³-hybridized carbons (Fsp3) is 0.667. The van der Waals surface area contributed by atoms with Crippen LogP contribution in [0.4, 0.5) is 0 Å². The Balaban J connectivity index is 1.99. The van der Waals surface area contributed by atoms with Crippen LogP contribution in [0.15, 0.2) is 12.2 Å². The van der Waals surface area contributed by atoms with E-state index in [0.29, 0.717) is 0 Å². The minimum atomic E-state index is -0.249. The second kappa shape index (κ2) is 4.16. The first-order chi connectivity index (χ1) is 5.33. The first kappa shape index (κ1) is 8.31. The largest absolute Gasteiger partial charge is 0.466 e. The maximum absolute atomic E-state index is 10.6. The third-order valence-corrected chi connectivity index (χ3v) is 1.89. The molecule has 2 nitrogen and oxygen atoms in total. The van der Waals surface area contributed by atoms with Gasteiger partial charge in [0.1, 0.15) is 0 Å². The van der Waals surface area contributed by atoms with Gasteiger partial charge in [-0.1, -0.05) is 18.9 Å². The number of allylic oxidation sites excluding steroid dienone is 1. The summed E-state index contributed by atoms with van der Waals surface area (Å²) >= 11 is 0. The Labute approximate surface area is 67.2 Å². The molecule has 62 valence electrons. The predicted octanol–water partition coefficient (Wildman–Crippen LogP) is 1.91. The number of methoxy groups -OCH3 is 1. The van der Waals surface area contributed by atoms with Crippen molar-refractivity contribution in [3.8, 4) is 0 Å². The molecule has 0 N–H and O–H groups in total. The van der Waals surface area contributed by atoms with E-state index in [0.717, 1.165) is 12.3 Å². The van der Waals surface area contributed by atoms with Crippen molar-refractivity contribution in [1.29, 1.82) is 0 Å². The fourth-order valence-corrected chi connectivity index (χ4v) is 0.986. The van der Waals surface area contributed by atoms with Crippen LogP contribution in [0, 0.1) is 5.92 Å². The lowest BCUT2D eigenvalue weighted by molar-refractivity contribution is -0.134. The number of esters is 1. The molecule has 0 aromatic carbocycles. The molecular weight excluding hydrogens is 140 g/mol. The maximum atomic E-state index is 10.6. The van der Waals surface area contributed by atoms with Gasteiger partial charge in [-0.3, -0.25) is 0 Å². The van der Waals surface area contributed by atoms with Crippen molar-refractivity contribution in [2.45, 2.75) is 25.7 Å². The van der Waals surface area contributed by atoms with Crippen LogP contribution in [0.5, 0.6) is 0 Å². The molecule has 0 spiro atoms. The number of rotatable bonds is 4. The van der Waals surface area contributed by atoms with Gasteiger partial charge in [0.05, 0.1) is 7.11 Å². The van der Waals surface area contributed by atoms with Crippen molar-refractivity contribution in [2.24, 2.45) is 5.92 Å². The third kappa shape index (κ3) is 3.81. The normalized spacial score (nSPS) is 17.2. The topological polar surface area (TPSA) is 26.3 Å². The van der Waals surface area contributed by atoms with Crippen LogP contribution in [0.1, 0.15) is 25.7 Å². The average molecular weight is 154 g/mol. The Morgan fingerprint density at radius 1 is 1.64 bits per heavy atom. The molecule has 1 fully saturated rings. The second-order valence-corrected chi connectivity index (χ2v) is 2.95. The fourth-order valence-electron chi connectivity index (χ4n) is 0.986. The monoisotopic (exact) mass is 154 g/mol. The zero-order chi connectivity index (χ0) is 8.10. The molecule has 0 radical (unpaired) electrons. The second-order valence-electron chi connectivity index (χ2n) is 2.95. The van der Waals surface area contributed by atoms with Gasteiger partial charge in [0.15, 0.2) is 0 Å². The first-order valence-electron chi connectivity index (χ1n) is 4.07. The van der Waals surface area contributed by atoms with Crippen LogP contribution in [0.3, 0.4) is 0 Å². The highest BCUT2D eigenvalue weighted by Gasteiger charge is 2.19. The van der Waals surface area contributed by atoms with Crippen LogP contribution in [-0.4, -0.2) is 13.1 Å². The third-order valence-electron chi connectivity index (χ3n) is 1.89. The summed E-state index contributed by atoms with van der Waals surface area (Å²) in [6, 6.07) is 0. The highest BCUT2D eigenvalue weighted by molar-refractivity contribution is 5.81. The number of hydrogen-bond donors (Lipinski definition) is 0. The van der Waals surface area contributed by atoms with Crippen molar-refractivity contribution in [1.82, 2.24) is 0 Å². The summed E-state index contributed by atoms with van der Waals surface area (Å²) in [6.07, 6.45) is 8.40. The van der Waals surface area contributed by atoms with Gasteiger partial charge >= 0.3 is 5.97 Å². The lowest BCUT2D eigenvalue weighted by atomic mass is 10.2. The van der Waals surface area contributed by atoms with Crippen molar-refractivity contribution >= 4 is 5.97 Å². The minimum absolute atomic E-state index is 0.249. The van der Waals surface area contributed by atoms with Crippen LogP contribution >= 0.6 is 0 Å². The molecule has 0 aromatic heterocycles. The Morgan fingerprint density at radius 3 is 2.91 bits per heavy atom. The van der Waals surface area contributed by atoms with E-state index in [1.165, 1.54) is 32.4 Å². The Morgan fingerprint density at radius 2 is 2.36 bits per heavy atom. The molecule has 0 saturated heterocycles. The van der Waals surface area contributed by atoms with Gasteiger partial charge in [-0.2, -0.15) is 0 Å². The van der Waals surface area contributed by atoms with Gasteiger partial charge in [0.2, 0.25) is 0 Å². The number of hydrogen-bond acceptors (Lipinski definition) is 2. The number of ether oxygens (including phenoxy) is 1. The van der Waals surface area contributed by atoms with Gasteiger partial charge in [-0.05, 0) is 18.8 Å². The van der Waals surface area contributed by atoms with Crippen molar-refractivity contribution in [2.75, 3.05) is 7.11 Å². The molecule has 11 heavy (non-hydrogen) atoms. The molecule has 1 saturated carbocycles. The molecule has 1 aliphatic rings. The maximum Gasteiger partial charge on any atom is 0.330 e. The molecule has 0 heterocycles. The lowest BCUT2D eigenvalue weighted by Gasteiger charge is -1.90. The Hall–Kier alpha value is -0.790. The first-order valence-corrected chi connectivity index (χ1v) is 4.07. The van der Waals surface area contributed by atoms with E-state index in [1.807, 2.05) is 6.08 Å². The molecular formula is C9H14O2. The summed E-state index contributed by atoms with van der Waals surface area (Å²) in [5.74, 6) is 0.693. The summed E-state index contributed by atoms with van der Waals surface area (Å²) in [5.41, 5.74) is 0. The van der Waals surface area contributed by atoms with Crippen molar-refractivity contribution < 1.29 is 9.53 Å². The van der Waals surface area contributed by atoms with E-state index < -0.39 is 0 Å². The van der Waals surface area contributed by atoms with Crippen LogP contribution in [0.25, 0.3) is 0 Å². The van der Waals surface area contributed by atoms with Crippen molar-refractivity contribution in [3.63, 3.8) is 0 Å². The van der Waals surface area contributed by atoms with Gasteiger partial charge in [0.25, 0.3) is 0 Å². The minimum Gasteiger partial charge on any atom is -0.466 e. The summed E-state index contributed by atoms with van der Waals surface area (Å²) < 4.78 is 4.45. The van der Waals surface area contributed by atoms with E-state index in [9.17, 15) is 4.79 Å². The lowest BCUT2D eigenvalue weighted by Crippen LogP contribution is -1.93.